The van der Waals surface area contributed by atoms with Crippen LogP contribution in [-0.2, 0) is 0 Å². The zero-order valence-corrected chi connectivity index (χ0v) is 9.46. The number of hydrogen-bond donors (Lipinski definition) is 2. The second-order valence-electron chi connectivity index (χ2n) is 2.22. The molecule has 0 unspecified atom stereocenters. The minimum Gasteiger partial charge on any atom is -0.370 e. The lowest BCUT2D eigenvalue weighted by molar-refractivity contribution is 1.01. The van der Waals surface area contributed by atoms with E-state index in [9.17, 15) is 0 Å². The van der Waals surface area contributed by atoms with E-state index in [4.69, 9.17) is 12.2 Å². The van der Waals surface area contributed by atoms with Gasteiger partial charge < -0.3 is 11.1 Å². The molecule has 0 aromatic carbocycles. The summed E-state index contributed by atoms with van der Waals surface area (Å²) in [4.78, 5) is 3.95. The molecule has 12 heavy (non-hydrogen) atoms. The SMILES string of the molecule is C#CCNC(N)=NCC(=C)C.I. The zero-order valence-electron chi connectivity index (χ0n) is 7.13. The van der Waals surface area contributed by atoms with E-state index in [0.29, 0.717) is 19.0 Å². The Morgan fingerprint density at radius 3 is 2.75 bits per heavy atom. The Bertz CT molecular complexity index is 203. The summed E-state index contributed by atoms with van der Waals surface area (Å²) in [5, 5.41) is 2.74. The molecule has 0 amide bonds. The fraction of sp³-hybridized carbons (Fsp3) is 0.375. The molecule has 0 aliphatic rings. The Kier molecular flexibility index (Phi) is 9.70. The summed E-state index contributed by atoms with van der Waals surface area (Å²) in [6.07, 6.45) is 4.99. The molecule has 0 heterocycles. The molecule has 0 aromatic heterocycles. The van der Waals surface area contributed by atoms with E-state index >= 15 is 0 Å². The van der Waals surface area contributed by atoms with Gasteiger partial charge in [0.05, 0.1) is 13.1 Å². The molecule has 0 radical (unpaired) electrons. The Balaban J connectivity index is 0. The van der Waals surface area contributed by atoms with E-state index < -0.39 is 0 Å². The molecule has 0 bridgehead atoms. The first kappa shape index (κ1) is 13.9. The number of aliphatic imine (C=N–C) groups is 1. The van der Waals surface area contributed by atoms with Gasteiger partial charge in [0, 0.05) is 0 Å². The summed E-state index contributed by atoms with van der Waals surface area (Å²) < 4.78 is 0. The van der Waals surface area contributed by atoms with Crippen LogP contribution in [0.5, 0.6) is 0 Å². The van der Waals surface area contributed by atoms with Crippen LogP contribution in [0.4, 0.5) is 0 Å². The molecule has 3 nitrogen and oxygen atoms in total. The molecule has 0 aromatic rings. The number of hydrogen-bond acceptors (Lipinski definition) is 1. The normalized spacial score (nSPS) is 9.50. The first-order chi connectivity index (χ1) is 5.16. The van der Waals surface area contributed by atoms with Crippen molar-refractivity contribution in [2.24, 2.45) is 10.7 Å². The third-order valence-corrected chi connectivity index (χ3v) is 0.891. The van der Waals surface area contributed by atoms with Gasteiger partial charge in [-0.05, 0) is 6.92 Å². The minimum atomic E-state index is 0. The summed E-state index contributed by atoms with van der Waals surface area (Å²) in [5.74, 6) is 2.76. The molecular formula is C8H14IN3. The van der Waals surface area contributed by atoms with Crippen LogP contribution in [0, 0.1) is 12.3 Å². The second kappa shape index (κ2) is 8.40. The van der Waals surface area contributed by atoms with Crippen molar-refractivity contribution in [3.8, 4) is 12.3 Å². The summed E-state index contributed by atoms with van der Waals surface area (Å²) in [6, 6.07) is 0. The molecule has 0 aliphatic carbocycles. The van der Waals surface area contributed by atoms with E-state index in [0.717, 1.165) is 5.57 Å². The molecule has 68 valence electrons. The average Bonchev–Trinajstić information content (AvgIpc) is 1.97. The number of nitrogens with two attached hydrogens (primary N) is 1. The van der Waals surface area contributed by atoms with E-state index in [1.165, 1.54) is 0 Å². The predicted octanol–water partition coefficient (Wildman–Crippen LogP) is 0.718. The van der Waals surface area contributed by atoms with Crippen LogP contribution in [0.2, 0.25) is 0 Å². The standard InChI is InChI=1S/C8H13N3.HI/c1-4-5-10-8(9)11-6-7(2)3;/h1H,2,5-6H2,3H3,(H3,9,10,11);1H. The van der Waals surface area contributed by atoms with Gasteiger partial charge in [-0.3, -0.25) is 0 Å². The lowest BCUT2D eigenvalue weighted by Crippen LogP contribution is -2.32. The van der Waals surface area contributed by atoms with Crippen molar-refractivity contribution in [1.82, 2.24) is 5.32 Å². The van der Waals surface area contributed by atoms with Crippen molar-refractivity contribution >= 4 is 29.9 Å². The van der Waals surface area contributed by atoms with Crippen LogP contribution in [-0.4, -0.2) is 19.0 Å². The van der Waals surface area contributed by atoms with Gasteiger partial charge in [-0.25, -0.2) is 4.99 Å². The average molecular weight is 279 g/mol. The summed E-state index contributed by atoms with van der Waals surface area (Å²) in [7, 11) is 0. The summed E-state index contributed by atoms with van der Waals surface area (Å²) in [5.41, 5.74) is 6.38. The molecule has 3 N–H and O–H groups in total. The molecule has 0 rings (SSSR count). The minimum absolute atomic E-state index is 0. The predicted molar refractivity (Wildman–Crippen MR) is 63.6 cm³/mol. The number of terminal acetylenes is 1. The van der Waals surface area contributed by atoms with E-state index in [2.05, 4.69) is 22.8 Å². The highest BCUT2D eigenvalue weighted by atomic mass is 127. The lowest BCUT2D eigenvalue weighted by atomic mass is 10.4. The second-order valence-corrected chi connectivity index (χ2v) is 2.22. The highest BCUT2D eigenvalue weighted by molar-refractivity contribution is 14.0. The van der Waals surface area contributed by atoms with Gasteiger partial charge in [0.25, 0.3) is 0 Å². The Morgan fingerprint density at radius 2 is 2.33 bits per heavy atom. The van der Waals surface area contributed by atoms with E-state index in [-0.39, 0.29) is 24.0 Å². The largest absolute Gasteiger partial charge is 0.370 e. The van der Waals surface area contributed by atoms with E-state index in [1.54, 1.807) is 0 Å². The maximum atomic E-state index is 5.41. The van der Waals surface area contributed by atoms with Crippen molar-refractivity contribution in [2.45, 2.75) is 6.92 Å². The molecule has 0 fully saturated rings. The summed E-state index contributed by atoms with van der Waals surface area (Å²) in [6.45, 7) is 6.52. The summed E-state index contributed by atoms with van der Waals surface area (Å²) >= 11 is 0. The van der Waals surface area contributed by atoms with Gasteiger partial charge in [-0.2, -0.15) is 0 Å². The fourth-order valence-electron chi connectivity index (χ4n) is 0.418. The van der Waals surface area contributed by atoms with Gasteiger partial charge in [0.2, 0.25) is 0 Å². The van der Waals surface area contributed by atoms with Crippen LogP contribution >= 0.6 is 24.0 Å². The third kappa shape index (κ3) is 9.30. The van der Waals surface area contributed by atoms with Gasteiger partial charge in [0.1, 0.15) is 0 Å². The van der Waals surface area contributed by atoms with Crippen molar-refractivity contribution in [1.29, 1.82) is 0 Å². The monoisotopic (exact) mass is 279 g/mol. The maximum absolute atomic E-state index is 5.41. The van der Waals surface area contributed by atoms with Crippen LogP contribution in [0.15, 0.2) is 17.1 Å². The molecule has 0 atom stereocenters. The van der Waals surface area contributed by atoms with Gasteiger partial charge >= 0.3 is 0 Å². The van der Waals surface area contributed by atoms with Crippen LogP contribution in [0.1, 0.15) is 6.92 Å². The van der Waals surface area contributed by atoms with Gasteiger partial charge in [-0.15, -0.1) is 30.4 Å². The van der Waals surface area contributed by atoms with Crippen molar-refractivity contribution in [3.63, 3.8) is 0 Å². The number of guanidine groups is 1. The van der Waals surface area contributed by atoms with Crippen LogP contribution in [0.25, 0.3) is 0 Å². The van der Waals surface area contributed by atoms with Crippen molar-refractivity contribution in [2.75, 3.05) is 13.1 Å². The van der Waals surface area contributed by atoms with Gasteiger partial charge in [0.15, 0.2) is 5.96 Å². The van der Waals surface area contributed by atoms with Crippen molar-refractivity contribution < 1.29 is 0 Å². The first-order valence-corrected chi connectivity index (χ1v) is 3.28. The molecule has 0 saturated heterocycles. The number of halogens is 1. The number of nitrogens with zero attached hydrogens (tertiary/aromatic N) is 1. The molecule has 0 saturated carbocycles. The maximum Gasteiger partial charge on any atom is 0.189 e. The Labute approximate surface area is 90.5 Å². The topological polar surface area (TPSA) is 50.4 Å². The number of rotatable bonds is 3. The van der Waals surface area contributed by atoms with Gasteiger partial charge in [-0.1, -0.05) is 18.1 Å². The highest BCUT2D eigenvalue weighted by Crippen LogP contribution is 1.85. The Morgan fingerprint density at radius 1 is 1.75 bits per heavy atom. The smallest absolute Gasteiger partial charge is 0.189 e. The number of nitrogens with one attached hydrogen (secondary N) is 1. The molecular weight excluding hydrogens is 265 g/mol. The quantitative estimate of drug-likeness (QED) is 0.263. The molecule has 4 heteroatoms. The fourth-order valence-corrected chi connectivity index (χ4v) is 0.418. The van der Waals surface area contributed by atoms with E-state index in [1.807, 2.05) is 6.92 Å². The molecule has 0 spiro atoms. The first-order valence-electron chi connectivity index (χ1n) is 3.28. The van der Waals surface area contributed by atoms with Crippen LogP contribution < -0.4 is 11.1 Å². The zero-order chi connectivity index (χ0) is 8.69. The molecule has 0 aliphatic heterocycles. The third-order valence-electron chi connectivity index (χ3n) is 0.891. The highest BCUT2D eigenvalue weighted by Gasteiger charge is 1.86. The lowest BCUT2D eigenvalue weighted by Gasteiger charge is -1.99. The van der Waals surface area contributed by atoms with Crippen LogP contribution in [0.3, 0.4) is 0 Å². The van der Waals surface area contributed by atoms with Crippen molar-refractivity contribution in [3.05, 3.63) is 12.2 Å². The Hall–Kier alpha value is -0.700.